The van der Waals surface area contributed by atoms with Gasteiger partial charge in [0, 0.05) is 14.1 Å². The molecule has 0 aromatic heterocycles. The second-order valence-electron chi connectivity index (χ2n) is 3.75. The SMILES string of the molecule is Cc1ccc(S(=O)(=O)NC(=S)NN(C)C)cc1. The van der Waals surface area contributed by atoms with E-state index < -0.39 is 10.0 Å². The van der Waals surface area contributed by atoms with E-state index in [0.717, 1.165) is 5.56 Å². The zero-order chi connectivity index (χ0) is 13.1. The van der Waals surface area contributed by atoms with Crippen molar-refractivity contribution < 1.29 is 8.42 Å². The van der Waals surface area contributed by atoms with Gasteiger partial charge in [0.1, 0.15) is 0 Å². The Labute approximate surface area is 107 Å². The van der Waals surface area contributed by atoms with Crippen LogP contribution in [0.4, 0.5) is 0 Å². The van der Waals surface area contributed by atoms with Gasteiger partial charge in [0.05, 0.1) is 4.90 Å². The van der Waals surface area contributed by atoms with Gasteiger partial charge in [-0.25, -0.2) is 13.4 Å². The minimum absolute atomic E-state index is 0.0376. The fourth-order valence-electron chi connectivity index (χ4n) is 1.12. The first-order chi connectivity index (χ1) is 7.81. The largest absolute Gasteiger partial charge is 0.295 e. The Hall–Kier alpha value is -1.18. The van der Waals surface area contributed by atoms with Crippen LogP contribution < -0.4 is 10.1 Å². The first-order valence-electron chi connectivity index (χ1n) is 4.89. The van der Waals surface area contributed by atoms with Gasteiger partial charge in [-0.3, -0.25) is 10.1 Å². The van der Waals surface area contributed by atoms with Gasteiger partial charge in [0.15, 0.2) is 5.11 Å². The Morgan fingerprint density at radius 3 is 2.24 bits per heavy atom. The standard InChI is InChI=1S/C10H15N3O2S2/c1-8-4-6-9(7-5-8)17(14,15)12-10(16)11-13(2)3/h4-7H,1-3H3,(H2,11,12,16). The Morgan fingerprint density at radius 2 is 1.76 bits per heavy atom. The number of nitrogens with one attached hydrogen (secondary N) is 2. The van der Waals surface area contributed by atoms with Crippen LogP contribution in [-0.2, 0) is 10.0 Å². The molecule has 0 atom stereocenters. The second kappa shape index (κ2) is 5.44. The lowest BCUT2D eigenvalue weighted by atomic mass is 10.2. The van der Waals surface area contributed by atoms with Crippen LogP contribution in [0.5, 0.6) is 0 Å². The molecule has 0 unspecified atom stereocenters. The van der Waals surface area contributed by atoms with Gasteiger partial charge in [0.25, 0.3) is 10.0 Å². The van der Waals surface area contributed by atoms with Crippen molar-refractivity contribution in [1.82, 2.24) is 15.2 Å². The van der Waals surface area contributed by atoms with E-state index in [1.54, 1.807) is 31.2 Å². The summed E-state index contributed by atoms with van der Waals surface area (Å²) in [4.78, 5) is 0.186. The average Bonchev–Trinajstić information content (AvgIpc) is 2.15. The van der Waals surface area contributed by atoms with Crippen LogP contribution in [-0.4, -0.2) is 32.6 Å². The molecule has 0 saturated carbocycles. The Bertz CT molecular complexity index is 495. The number of thiocarbonyl (C=S) groups is 1. The molecule has 0 aliphatic carbocycles. The average molecular weight is 273 g/mol. The zero-order valence-electron chi connectivity index (χ0n) is 9.89. The quantitative estimate of drug-likeness (QED) is 0.624. The Kier molecular flexibility index (Phi) is 4.44. The van der Waals surface area contributed by atoms with Crippen molar-refractivity contribution in [2.75, 3.05) is 14.1 Å². The molecule has 0 aliphatic heterocycles. The molecule has 2 N–H and O–H groups in total. The predicted molar refractivity (Wildman–Crippen MR) is 70.9 cm³/mol. The summed E-state index contributed by atoms with van der Waals surface area (Å²) in [5.74, 6) is 0. The highest BCUT2D eigenvalue weighted by atomic mass is 32.2. The van der Waals surface area contributed by atoms with Crippen LogP contribution in [0.15, 0.2) is 29.2 Å². The molecule has 5 nitrogen and oxygen atoms in total. The molecule has 0 bridgehead atoms. The summed E-state index contributed by atoms with van der Waals surface area (Å²) in [6.07, 6.45) is 0. The second-order valence-corrected chi connectivity index (χ2v) is 5.84. The monoisotopic (exact) mass is 273 g/mol. The van der Waals surface area contributed by atoms with E-state index in [2.05, 4.69) is 10.1 Å². The molecular formula is C10H15N3O2S2. The minimum Gasteiger partial charge on any atom is -0.295 e. The molecule has 0 heterocycles. The molecule has 0 fully saturated rings. The summed E-state index contributed by atoms with van der Waals surface area (Å²) in [5.41, 5.74) is 3.65. The molecule has 94 valence electrons. The van der Waals surface area contributed by atoms with E-state index in [4.69, 9.17) is 12.2 Å². The number of hydrazine groups is 1. The smallest absolute Gasteiger partial charge is 0.263 e. The molecule has 1 aromatic carbocycles. The third-order valence-corrected chi connectivity index (χ3v) is 3.57. The van der Waals surface area contributed by atoms with Crippen molar-refractivity contribution in [3.63, 3.8) is 0 Å². The normalized spacial score (nSPS) is 11.3. The van der Waals surface area contributed by atoms with Crippen LogP contribution in [0.3, 0.4) is 0 Å². The molecule has 7 heteroatoms. The molecule has 1 aromatic rings. The Balaban J connectivity index is 2.82. The predicted octanol–water partition coefficient (Wildman–Crippen LogP) is 0.624. The number of hydrogen-bond donors (Lipinski definition) is 2. The maximum Gasteiger partial charge on any atom is 0.263 e. The topological polar surface area (TPSA) is 61.4 Å². The van der Waals surface area contributed by atoms with E-state index >= 15 is 0 Å². The lowest BCUT2D eigenvalue weighted by Gasteiger charge is -2.15. The van der Waals surface area contributed by atoms with Crippen LogP contribution >= 0.6 is 12.2 Å². The molecular weight excluding hydrogens is 258 g/mol. The van der Waals surface area contributed by atoms with Crippen molar-refractivity contribution in [1.29, 1.82) is 0 Å². The zero-order valence-corrected chi connectivity index (χ0v) is 11.5. The van der Waals surface area contributed by atoms with Crippen molar-refractivity contribution in [2.24, 2.45) is 0 Å². The van der Waals surface area contributed by atoms with E-state index in [0.29, 0.717) is 0 Å². The van der Waals surface area contributed by atoms with Crippen LogP contribution in [0.1, 0.15) is 5.56 Å². The summed E-state index contributed by atoms with van der Waals surface area (Å²) in [6.45, 7) is 1.89. The molecule has 1 rings (SSSR count). The van der Waals surface area contributed by atoms with Crippen molar-refractivity contribution in [2.45, 2.75) is 11.8 Å². The van der Waals surface area contributed by atoms with Gasteiger partial charge in [0.2, 0.25) is 0 Å². The third kappa shape index (κ3) is 4.29. The van der Waals surface area contributed by atoms with Crippen molar-refractivity contribution in [3.8, 4) is 0 Å². The maximum absolute atomic E-state index is 11.9. The fourth-order valence-corrected chi connectivity index (χ4v) is 2.54. The third-order valence-electron chi connectivity index (χ3n) is 1.88. The first-order valence-corrected chi connectivity index (χ1v) is 6.78. The molecule has 0 aliphatic rings. The van der Waals surface area contributed by atoms with Gasteiger partial charge in [-0.2, -0.15) is 0 Å². The van der Waals surface area contributed by atoms with Crippen molar-refractivity contribution in [3.05, 3.63) is 29.8 Å². The van der Waals surface area contributed by atoms with Gasteiger partial charge >= 0.3 is 0 Å². The highest BCUT2D eigenvalue weighted by Crippen LogP contribution is 2.09. The summed E-state index contributed by atoms with van der Waals surface area (Å²) >= 11 is 4.86. The number of benzene rings is 1. The summed E-state index contributed by atoms with van der Waals surface area (Å²) < 4.78 is 26.0. The minimum atomic E-state index is -3.60. The molecule has 0 radical (unpaired) electrons. The Morgan fingerprint density at radius 1 is 1.24 bits per heavy atom. The van der Waals surface area contributed by atoms with Gasteiger partial charge < -0.3 is 0 Å². The van der Waals surface area contributed by atoms with E-state index in [-0.39, 0.29) is 10.0 Å². The summed E-state index contributed by atoms with van der Waals surface area (Å²) in [7, 11) is -0.173. The van der Waals surface area contributed by atoms with Gasteiger partial charge in [-0.1, -0.05) is 17.7 Å². The van der Waals surface area contributed by atoms with Gasteiger partial charge in [-0.15, -0.1) is 0 Å². The lowest BCUT2D eigenvalue weighted by molar-refractivity contribution is 0.362. The highest BCUT2D eigenvalue weighted by molar-refractivity contribution is 7.91. The first kappa shape index (κ1) is 13.9. The van der Waals surface area contributed by atoms with E-state index in [1.807, 2.05) is 6.92 Å². The van der Waals surface area contributed by atoms with Crippen LogP contribution in [0.2, 0.25) is 0 Å². The van der Waals surface area contributed by atoms with E-state index in [1.165, 1.54) is 12.1 Å². The summed E-state index contributed by atoms with van der Waals surface area (Å²) in [6, 6.07) is 6.54. The van der Waals surface area contributed by atoms with Crippen LogP contribution in [0.25, 0.3) is 0 Å². The molecule has 0 amide bonds. The number of nitrogens with zero attached hydrogens (tertiary/aromatic N) is 1. The van der Waals surface area contributed by atoms with E-state index in [9.17, 15) is 8.42 Å². The number of rotatable bonds is 3. The number of sulfonamides is 1. The van der Waals surface area contributed by atoms with Crippen molar-refractivity contribution >= 4 is 27.4 Å². The molecule has 0 spiro atoms. The fraction of sp³-hybridized carbons (Fsp3) is 0.300. The molecule has 0 saturated heterocycles. The van der Waals surface area contributed by atoms with Gasteiger partial charge in [-0.05, 0) is 31.3 Å². The van der Waals surface area contributed by atoms with Crippen LogP contribution in [0, 0.1) is 6.92 Å². The molecule has 17 heavy (non-hydrogen) atoms. The number of aryl methyl sites for hydroxylation is 1. The lowest BCUT2D eigenvalue weighted by Crippen LogP contribution is -2.45. The number of hydrogen-bond acceptors (Lipinski definition) is 4. The summed E-state index contributed by atoms with van der Waals surface area (Å²) in [5, 5.41) is 1.59. The highest BCUT2D eigenvalue weighted by Gasteiger charge is 2.15. The maximum atomic E-state index is 11.9.